The molecule has 0 aromatic heterocycles. The second-order valence-corrected chi connectivity index (χ2v) is 4.21. The summed E-state index contributed by atoms with van der Waals surface area (Å²) in [4.78, 5) is 0. The molecule has 84 valence electrons. The summed E-state index contributed by atoms with van der Waals surface area (Å²) in [5.41, 5.74) is 6.25. The summed E-state index contributed by atoms with van der Waals surface area (Å²) in [5, 5.41) is 0. The molecular formula is C10H11BrF3N. The molecule has 2 N–H and O–H groups in total. The van der Waals surface area contributed by atoms with Gasteiger partial charge in [0.2, 0.25) is 0 Å². The van der Waals surface area contributed by atoms with E-state index in [1.165, 1.54) is 6.07 Å². The van der Waals surface area contributed by atoms with Gasteiger partial charge in [-0.2, -0.15) is 13.2 Å². The molecule has 0 spiro atoms. The molecular weight excluding hydrogens is 271 g/mol. The molecule has 0 saturated heterocycles. The maximum absolute atomic E-state index is 12.6. The number of nitrogens with two attached hydrogens (primary N) is 1. The largest absolute Gasteiger partial charge is 0.396 e. The molecule has 0 aliphatic carbocycles. The molecule has 0 fully saturated rings. The van der Waals surface area contributed by atoms with E-state index in [9.17, 15) is 13.2 Å². The van der Waals surface area contributed by atoms with Gasteiger partial charge in [-0.1, -0.05) is 28.1 Å². The van der Waals surface area contributed by atoms with E-state index in [0.29, 0.717) is 4.47 Å². The van der Waals surface area contributed by atoms with Crippen molar-refractivity contribution in [3.63, 3.8) is 0 Å². The lowest BCUT2D eigenvalue weighted by Crippen LogP contribution is -2.28. The van der Waals surface area contributed by atoms with Gasteiger partial charge in [-0.15, -0.1) is 0 Å². The van der Waals surface area contributed by atoms with Gasteiger partial charge in [0.25, 0.3) is 0 Å². The molecule has 1 atom stereocenters. The third kappa shape index (κ3) is 2.95. The van der Waals surface area contributed by atoms with Crippen molar-refractivity contribution >= 4 is 15.9 Å². The zero-order valence-corrected chi connectivity index (χ0v) is 9.69. The molecule has 1 aromatic carbocycles. The monoisotopic (exact) mass is 281 g/mol. The Bertz CT molecular complexity index is 349. The van der Waals surface area contributed by atoms with Crippen molar-refractivity contribution in [1.82, 2.24) is 0 Å². The van der Waals surface area contributed by atoms with E-state index in [1.807, 2.05) is 6.92 Å². The van der Waals surface area contributed by atoms with Gasteiger partial charge in [-0.25, -0.2) is 0 Å². The highest BCUT2D eigenvalue weighted by Gasteiger charge is 2.40. The summed E-state index contributed by atoms with van der Waals surface area (Å²) in [6.07, 6.45) is -4.30. The highest BCUT2D eigenvalue weighted by atomic mass is 79.9. The van der Waals surface area contributed by atoms with Gasteiger partial charge >= 0.3 is 6.18 Å². The van der Waals surface area contributed by atoms with E-state index in [-0.39, 0.29) is 5.56 Å². The minimum atomic E-state index is -4.30. The van der Waals surface area contributed by atoms with Gasteiger partial charge in [0.1, 0.15) is 0 Å². The minimum Gasteiger partial charge on any atom is -0.330 e. The van der Waals surface area contributed by atoms with Crippen LogP contribution in [0.3, 0.4) is 0 Å². The van der Waals surface area contributed by atoms with E-state index in [1.54, 1.807) is 12.1 Å². The Labute approximate surface area is 94.6 Å². The Balaban J connectivity index is 3.13. The normalized spacial score (nSPS) is 14.0. The van der Waals surface area contributed by atoms with Crippen molar-refractivity contribution in [3.05, 3.63) is 33.8 Å². The van der Waals surface area contributed by atoms with Crippen LogP contribution in [0.5, 0.6) is 0 Å². The van der Waals surface area contributed by atoms with Gasteiger partial charge in [-0.3, -0.25) is 0 Å². The number of alkyl halides is 3. The van der Waals surface area contributed by atoms with Gasteiger partial charge in [0.05, 0.1) is 5.92 Å². The van der Waals surface area contributed by atoms with E-state index in [0.717, 1.165) is 5.56 Å². The van der Waals surface area contributed by atoms with E-state index >= 15 is 0 Å². The van der Waals surface area contributed by atoms with Crippen LogP contribution in [0.1, 0.15) is 17.0 Å². The van der Waals surface area contributed by atoms with Crippen molar-refractivity contribution in [2.45, 2.75) is 19.0 Å². The predicted molar refractivity (Wildman–Crippen MR) is 56.7 cm³/mol. The van der Waals surface area contributed by atoms with Crippen LogP contribution in [0.15, 0.2) is 22.7 Å². The number of hydrogen-bond donors (Lipinski definition) is 1. The van der Waals surface area contributed by atoms with Gasteiger partial charge in [0, 0.05) is 11.0 Å². The summed E-state index contributed by atoms with van der Waals surface area (Å²) in [5.74, 6) is -1.60. The van der Waals surface area contributed by atoms with Crippen molar-refractivity contribution in [2.75, 3.05) is 6.54 Å². The Morgan fingerprint density at radius 2 is 2.00 bits per heavy atom. The lowest BCUT2D eigenvalue weighted by atomic mass is 9.98. The van der Waals surface area contributed by atoms with Gasteiger partial charge in [0.15, 0.2) is 0 Å². The average Bonchev–Trinajstić information content (AvgIpc) is 2.07. The number of hydrogen-bond acceptors (Lipinski definition) is 1. The number of halogens is 4. The number of rotatable bonds is 2. The van der Waals surface area contributed by atoms with Crippen LogP contribution in [-0.2, 0) is 0 Å². The number of benzene rings is 1. The molecule has 1 nitrogen and oxygen atoms in total. The standard InChI is InChI=1S/C10H11BrF3N/c1-6-2-3-7(9(11)4-6)8(5-15)10(12,13)14/h2-4,8H,5,15H2,1H3. The first-order valence-corrected chi connectivity index (χ1v) is 5.18. The molecule has 0 saturated carbocycles. The Kier molecular flexibility index (Phi) is 3.78. The molecule has 5 heteroatoms. The summed E-state index contributed by atoms with van der Waals surface area (Å²) < 4.78 is 38.2. The Hall–Kier alpha value is -0.550. The van der Waals surface area contributed by atoms with Crippen LogP contribution >= 0.6 is 15.9 Å². The molecule has 1 rings (SSSR count). The molecule has 0 amide bonds. The van der Waals surface area contributed by atoms with Gasteiger partial charge in [-0.05, 0) is 24.1 Å². The summed E-state index contributed by atoms with van der Waals surface area (Å²) in [7, 11) is 0. The third-order valence-corrected chi connectivity index (χ3v) is 2.85. The third-order valence-electron chi connectivity index (χ3n) is 2.16. The first-order valence-electron chi connectivity index (χ1n) is 4.39. The van der Waals surface area contributed by atoms with Crippen LogP contribution < -0.4 is 5.73 Å². The van der Waals surface area contributed by atoms with Crippen molar-refractivity contribution in [2.24, 2.45) is 5.73 Å². The minimum absolute atomic E-state index is 0.190. The second kappa shape index (κ2) is 4.53. The highest BCUT2D eigenvalue weighted by molar-refractivity contribution is 9.10. The molecule has 0 bridgehead atoms. The number of aryl methyl sites for hydroxylation is 1. The maximum atomic E-state index is 12.6. The topological polar surface area (TPSA) is 26.0 Å². The summed E-state index contributed by atoms with van der Waals surface area (Å²) >= 11 is 3.13. The molecule has 0 heterocycles. The zero-order chi connectivity index (χ0) is 11.6. The fourth-order valence-electron chi connectivity index (χ4n) is 1.35. The lowest BCUT2D eigenvalue weighted by Gasteiger charge is -2.20. The van der Waals surface area contributed by atoms with E-state index in [2.05, 4.69) is 15.9 Å². The van der Waals surface area contributed by atoms with Crippen LogP contribution in [0, 0.1) is 6.92 Å². The molecule has 1 aromatic rings. The zero-order valence-electron chi connectivity index (χ0n) is 8.11. The quantitative estimate of drug-likeness (QED) is 0.884. The van der Waals surface area contributed by atoms with Crippen molar-refractivity contribution < 1.29 is 13.2 Å². The van der Waals surface area contributed by atoms with Crippen LogP contribution in [0.4, 0.5) is 13.2 Å². The average molecular weight is 282 g/mol. The van der Waals surface area contributed by atoms with E-state index in [4.69, 9.17) is 5.73 Å². The smallest absolute Gasteiger partial charge is 0.330 e. The Morgan fingerprint density at radius 3 is 2.40 bits per heavy atom. The van der Waals surface area contributed by atoms with Crippen molar-refractivity contribution in [3.8, 4) is 0 Å². The maximum Gasteiger partial charge on any atom is 0.396 e. The Morgan fingerprint density at radius 1 is 1.40 bits per heavy atom. The summed E-state index contributed by atoms with van der Waals surface area (Å²) in [6.45, 7) is 1.38. The lowest BCUT2D eigenvalue weighted by molar-refractivity contribution is -0.148. The van der Waals surface area contributed by atoms with Crippen molar-refractivity contribution in [1.29, 1.82) is 0 Å². The highest BCUT2D eigenvalue weighted by Crippen LogP contribution is 2.37. The summed E-state index contributed by atoms with van der Waals surface area (Å²) in [6, 6.07) is 4.77. The van der Waals surface area contributed by atoms with Crippen LogP contribution in [0.25, 0.3) is 0 Å². The second-order valence-electron chi connectivity index (χ2n) is 3.35. The SMILES string of the molecule is Cc1ccc(C(CN)C(F)(F)F)c(Br)c1. The van der Waals surface area contributed by atoms with E-state index < -0.39 is 18.6 Å². The van der Waals surface area contributed by atoms with Crippen LogP contribution in [0.2, 0.25) is 0 Å². The molecule has 0 radical (unpaired) electrons. The molecule has 0 aliphatic rings. The predicted octanol–water partition coefficient (Wildman–Crippen LogP) is 3.36. The molecule has 0 aliphatic heterocycles. The molecule has 15 heavy (non-hydrogen) atoms. The fraction of sp³-hybridized carbons (Fsp3) is 0.400. The first-order chi connectivity index (χ1) is 6.86. The fourth-order valence-corrected chi connectivity index (χ4v) is 2.12. The van der Waals surface area contributed by atoms with Crippen LogP contribution in [-0.4, -0.2) is 12.7 Å². The molecule has 1 unspecified atom stereocenters. The van der Waals surface area contributed by atoms with Gasteiger partial charge < -0.3 is 5.73 Å². The first kappa shape index (κ1) is 12.5.